The van der Waals surface area contributed by atoms with Crippen molar-refractivity contribution >= 4 is 0 Å². The molecule has 0 radical (unpaired) electrons. The Bertz CT molecular complexity index is 169. The molecule has 0 saturated carbocycles. The van der Waals surface area contributed by atoms with Crippen LogP contribution >= 0.6 is 0 Å². The van der Waals surface area contributed by atoms with E-state index in [1.807, 2.05) is 12.2 Å². The molecule has 0 aromatic carbocycles. The standard InChI is InChI=1S/C7H8O/c1-6(8)7-4-2-3-5-7/h2-4,6,8H,1H3/t6-/m1/s1. The Kier molecular flexibility index (Phi) is 1.34. The molecule has 1 aliphatic carbocycles. The molecule has 0 bridgehead atoms. The van der Waals surface area contributed by atoms with E-state index >= 15 is 0 Å². The Hall–Kier alpha value is -0.780. The maximum absolute atomic E-state index is 8.88. The Balaban J connectivity index is 2.74. The van der Waals surface area contributed by atoms with Crippen molar-refractivity contribution in [2.45, 2.75) is 13.0 Å². The summed E-state index contributed by atoms with van der Waals surface area (Å²) in [7, 11) is 0. The second kappa shape index (κ2) is 1.99. The van der Waals surface area contributed by atoms with E-state index < -0.39 is 0 Å². The van der Waals surface area contributed by atoms with Gasteiger partial charge in [-0.05, 0) is 19.1 Å². The van der Waals surface area contributed by atoms with E-state index in [-0.39, 0.29) is 6.10 Å². The Morgan fingerprint density at radius 2 is 2.50 bits per heavy atom. The van der Waals surface area contributed by atoms with Gasteiger partial charge in [-0.15, -0.1) is 5.73 Å². The average Bonchev–Trinajstić information content (AvgIpc) is 2.12. The van der Waals surface area contributed by atoms with Crippen LogP contribution in [0.15, 0.2) is 29.5 Å². The number of allylic oxidation sites excluding steroid dienone is 1. The molecule has 1 rings (SSSR count). The van der Waals surface area contributed by atoms with Crippen molar-refractivity contribution in [2.24, 2.45) is 0 Å². The number of aliphatic hydroxyl groups is 1. The molecule has 1 nitrogen and oxygen atoms in total. The number of hydrogen-bond donors (Lipinski definition) is 1. The summed E-state index contributed by atoms with van der Waals surface area (Å²) in [5.74, 6) is 0. The molecule has 0 spiro atoms. The largest absolute Gasteiger partial charge is 0.388 e. The number of aliphatic hydroxyl groups excluding tert-OH is 1. The second-order valence-electron chi connectivity index (χ2n) is 1.80. The van der Waals surface area contributed by atoms with Crippen LogP contribution in [0.4, 0.5) is 0 Å². The van der Waals surface area contributed by atoms with E-state index in [9.17, 15) is 0 Å². The summed E-state index contributed by atoms with van der Waals surface area (Å²) in [4.78, 5) is 0. The van der Waals surface area contributed by atoms with Gasteiger partial charge in [0.05, 0.1) is 6.10 Å². The molecule has 0 heterocycles. The van der Waals surface area contributed by atoms with Crippen molar-refractivity contribution in [2.75, 3.05) is 0 Å². The third-order valence-electron chi connectivity index (χ3n) is 1.07. The molecular weight excluding hydrogens is 100 g/mol. The first-order valence-electron chi connectivity index (χ1n) is 2.62. The van der Waals surface area contributed by atoms with E-state index in [4.69, 9.17) is 5.11 Å². The highest BCUT2D eigenvalue weighted by molar-refractivity contribution is 5.31. The lowest BCUT2D eigenvalue weighted by molar-refractivity contribution is 0.236. The highest BCUT2D eigenvalue weighted by Crippen LogP contribution is 2.05. The van der Waals surface area contributed by atoms with Gasteiger partial charge in [0.1, 0.15) is 0 Å². The second-order valence-corrected chi connectivity index (χ2v) is 1.80. The molecule has 8 heavy (non-hydrogen) atoms. The van der Waals surface area contributed by atoms with E-state index in [2.05, 4.69) is 5.73 Å². The monoisotopic (exact) mass is 108 g/mol. The Labute approximate surface area is 48.6 Å². The first-order chi connectivity index (χ1) is 3.80. The first kappa shape index (κ1) is 5.36. The normalized spacial score (nSPS) is 19.0. The van der Waals surface area contributed by atoms with Gasteiger partial charge < -0.3 is 5.11 Å². The van der Waals surface area contributed by atoms with Crippen LogP contribution in [0.2, 0.25) is 0 Å². The molecule has 1 aliphatic rings. The molecule has 42 valence electrons. The lowest BCUT2D eigenvalue weighted by Crippen LogP contribution is -1.99. The zero-order chi connectivity index (χ0) is 5.98. The fourth-order valence-electron chi connectivity index (χ4n) is 0.604. The molecular formula is C7H8O. The lowest BCUT2D eigenvalue weighted by Gasteiger charge is -1.97. The summed E-state index contributed by atoms with van der Waals surface area (Å²) in [6.07, 6.45) is 5.14. The predicted molar refractivity (Wildman–Crippen MR) is 32.4 cm³/mol. The summed E-state index contributed by atoms with van der Waals surface area (Å²) in [5.41, 5.74) is 3.75. The zero-order valence-electron chi connectivity index (χ0n) is 4.76. The molecule has 0 aliphatic heterocycles. The summed E-state index contributed by atoms with van der Waals surface area (Å²) in [6.45, 7) is 1.73. The van der Waals surface area contributed by atoms with Crippen molar-refractivity contribution in [1.82, 2.24) is 0 Å². The van der Waals surface area contributed by atoms with E-state index in [0.717, 1.165) is 5.57 Å². The lowest BCUT2D eigenvalue weighted by atomic mass is 10.2. The van der Waals surface area contributed by atoms with Crippen LogP contribution in [0.1, 0.15) is 6.92 Å². The molecule has 0 saturated heterocycles. The summed E-state index contributed by atoms with van der Waals surface area (Å²) < 4.78 is 0. The minimum absolute atomic E-state index is 0.370. The third-order valence-corrected chi connectivity index (χ3v) is 1.07. The summed E-state index contributed by atoms with van der Waals surface area (Å²) >= 11 is 0. The van der Waals surface area contributed by atoms with Crippen LogP contribution in [0, 0.1) is 0 Å². The van der Waals surface area contributed by atoms with E-state index in [0.29, 0.717) is 0 Å². The molecule has 1 atom stereocenters. The van der Waals surface area contributed by atoms with Gasteiger partial charge in [-0.2, -0.15) is 0 Å². The van der Waals surface area contributed by atoms with Crippen LogP contribution in [0.25, 0.3) is 0 Å². The Morgan fingerprint density at radius 1 is 1.75 bits per heavy atom. The van der Waals surface area contributed by atoms with Crippen LogP contribution in [-0.2, 0) is 0 Å². The van der Waals surface area contributed by atoms with Crippen molar-refractivity contribution < 1.29 is 5.11 Å². The van der Waals surface area contributed by atoms with E-state index in [1.165, 1.54) is 0 Å². The minimum Gasteiger partial charge on any atom is -0.388 e. The van der Waals surface area contributed by atoms with Gasteiger partial charge in [0.15, 0.2) is 0 Å². The predicted octanol–water partition coefficient (Wildman–Crippen LogP) is 1.02. The van der Waals surface area contributed by atoms with Crippen molar-refractivity contribution in [3.8, 4) is 0 Å². The van der Waals surface area contributed by atoms with Crippen LogP contribution in [0.5, 0.6) is 0 Å². The smallest absolute Gasteiger partial charge is 0.0833 e. The van der Waals surface area contributed by atoms with Crippen molar-refractivity contribution in [3.63, 3.8) is 0 Å². The molecule has 0 unspecified atom stereocenters. The molecule has 0 fully saturated rings. The fraction of sp³-hybridized carbons (Fsp3) is 0.286. The number of rotatable bonds is 1. The maximum Gasteiger partial charge on any atom is 0.0833 e. The van der Waals surface area contributed by atoms with Crippen molar-refractivity contribution in [1.29, 1.82) is 0 Å². The average molecular weight is 108 g/mol. The van der Waals surface area contributed by atoms with Gasteiger partial charge in [0, 0.05) is 5.57 Å². The molecule has 0 aromatic rings. The molecule has 0 aromatic heterocycles. The van der Waals surface area contributed by atoms with Crippen LogP contribution < -0.4 is 0 Å². The topological polar surface area (TPSA) is 20.2 Å². The Morgan fingerprint density at radius 3 is 2.75 bits per heavy atom. The van der Waals surface area contributed by atoms with Gasteiger partial charge >= 0.3 is 0 Å². The van der Waals surface area contributed by atoms with E-state index in [1.54, 1.807) is 13.0 Å². The van der Waals surface area contributed by atoms with Gasteiger partial charge in [-0.1, -0.05) is 6.08 Å². The minimum atomic E-state index is -0.370. The molecule has 1 N–H and O–H groups in total. The summed E-state index contributed by atoms with van der Waals surface area (Å²) in [5, 5.41) is 8.88. The van der Waals surface area contributed by atoms with Gasteiger partial charge in [0.25, 0.3) is 0 Å². The van der Waals surface area contributed by atoms with Gasteiger partial charge in [-0.3, -0.25) is 0 Å². The summed E-state index contributed by atoms with van der Waals surface area (Å²) in [6, 6.07) is 0. The highest BCUT2D eigenvalue weighted by atomic mass is 16.3. The SMILES string of the molecule is C[C@@H](O)C1=C=CC=C1. The molecule has 1 heteroatoms. The third kappa shape index (κ3) is 0.890. The fourth-order valence-corrected chi connectivity index (χ4v) is 0.604. The number of hydrogen-bond acceptors (Lipinski definition) is 1. The maximum atomic E-state index is 8.88. The zero-order valence-corrected chi connectivity index (χ0v) is 4.76. The highest BCUT2D eigenvalue weighted by Gasteiger charge is 1.99. The first-order valence-corrected chi connectivity index (χ1v) is 2.62. The molecule has 0 amide bonds. The van der Waals surface area contributed by atoms with Crippen LogP contribution in [-0.4, -0.2) is 11.2 Å². The van der Waals surface area contributed by atoms with Gasteiger partial charge in [-0.25, -0.2) is 0 Å². The quantitative estimate of drug-likeness (QED) is 0.497. The van der Waals surface area contributed by atoms with Gasteiger partial charge in [0.2, 0.25) is 0 Å². The van der Waals surface area contributed by atoms with Crippen molar-refractivity contribution in [3.05, 3.63) is 29.5 Å². The van der Waals surface area contributed by atoms with Crippen LogP contribution in [0.3, 0.4) is 0 Å².